The van der Waals surface area contributed by atoms with Gasteiger partial charge in [-0.15, -0.1) is 0 Å². The number of rotatable bonds is 6. The van der Waals surface area contributed by atoms with Crippen LogP contribution >= 0.6 is 0 Å². The maximum Gasteiger partial charge on any atom is 0.258 e. The molecule has 2 heterocycles. The zero-order chi connectivity index (χ0) is 26.0. The summed E-state index contributed by atoms with van der Waals surface area (Å²) in [6.45, 7) is 3.24. The second-order valence-corrected chi connectivity index (χ2v) is 9.00. The summed E-state index contributed by atoms with van der Waals surface area (Å²) in [7, 11) is 1.35. The lowest BCUT2D eigenvalue weighted by molar-refractivity contribution is 0.102. The van der Waals surface area contributed by atoms with Gasteiger partial charge >= 0.3 is 0 Å². The normalized spacial score (nSPS) is 17.8. The molecule has 3 N–H and O–H groups in total. The van der Waals surface area contributed by atoms with Gasteiger partial charge < -0.3 is 20.7 Å². The summed E-state index contributed by atoms with van der Waals surface area (Å²) in [6, 6.07) is 5.24. The smallest absolute Gasteiger partial charge is 0.258 e. The van der Waals surface area contributed by atoms with Crippen LogP contribution in [-0.4, -0.2) is 37.1 Å². The van der Waals surface area contributed by atoms with Gasteiger partial charge in [-0.05, 0) is 48.2 Å². The predicted octanol–water partition coefficient (Wildman–Crippen LogP) is 4.88. The molecule has 1 aliphatic heterocycles. The van der Waals surface area contributed by atoms with Crippen LogP contribution in [0.15, 0.2) is 42.7 Å². The fraction of sp³-hybridized carbons (Fsp3) is 0.308. The molecule has 36 heavy (non-hydrogen) atoms. The van der Waals surface area contributed by atoms with Gasteiger partial charge in [-0.2, -0.15) is 0 Å². The molecule has 190 valence electrons. The SMILES string of the molecule is COCc1cc(F)c(-c2c(F)ccc(C(=O)Nc3cnccc3N3C[C@H](C)C[C@H](N)C3)c2F)c(F)c1. The summed E-state index contributed by atoms with van der Waals surface area (Å²) >= 11 is 0. The number of pyridine rings is 1. The summed E-state index contributed by atoms with van der Waals surface area (Å²) in [6.07, 6.45) is 3.84. The van der Waals surface area contributed by atoms with Crippen LogP contribution in [0.1, 0.15) is 29.3 Å². The molecule has 1 amide bonds. The third kappa shape index (κ3) is 5.19. The number of methoxy groups -OCH3 is 1. The fourth-order valence-corrected chi connectivity index (χ4v) is 4.62. The molecule has 0 radical (unpaired) electrons. The number of nitrogens with zero attached hydrogens (tertiary/aromatic N) is 2. The van der Waals surface area contributed by atoms with E-state index in [4.69, 9.17) is 10.5 Å². The van der Waals surface area contributed by atoms with Gasteiger partial charge in [-0.1, -0.05) is 6.92 Å². The highest BCUT2D eigenvalue weighted by atomic mass is 19.1. The van der Waals surface area contributed by atoms with E-state index in [9.17, 15) is 18.0 Å². The monoisotopic (exact) mass is 502 g/mol. The Labute approximate surface area is 206 Å². The van der Waals surface area contributed by atoms with E-state index in [1.807, 2.05) is 4.90 Å². The summed E-state index contributed by atoms with van der Waals surface area (Å²) < 4.78 is 64.4. The lowest BCUT2D eigenvalue weighted by atomic mass is 9.96. The second kappa shape index (κ2) is 10.6. The number of carbonyl (C=O) groups excluding carboxylic acids is 1. The van der Waals surface area contributed by atoms with E-state index < -0.39 is 45.9 Å². The first kappa shape index (κ1) is 25.6. The molecule has 0 bridgehead atoms. The minimum Gasteiger partial charge on any atom is -0.380 e. The lowest BCUT2D eigenvalue weighted by Gasteiger charge is -2.37. The highest BCUT2D eigenvalue weighted by molar-refractivity contribution is 6.06. The number of carbonyl (C=O) groups is 1. The molecule has 0 unspecified atom stereocenters. The van der Waals surface area contributed by atoms with Crippen LogP contribution in [0.3, 0.4) is 0 Å². The van der Waals surface area contributed by atoms with Gasteiger partial charge in [0.1, 0.15) is 23.3 Å². The van der Waals surface area contributed by atoms with Gasteiger partial charge in [-0.3, -0.25) is 9.78 Å². The van der Waals surface area contributed by atoms with Crippen LogP contribution in [0.25, 0.3) is 11.1 Å². The predicted molar refractivity (Wildman–Crippen MR) is 129 cm³/mol. The molecule has 6 nitrogen and oxygen atoms in total. The zero-order valence-electron chi connectivity index (χ0n) is 19.8. The van der Waals surface area contributed by atoms with Crippen molar-refractivity contribution in [3.8, 4) is 11.1 Å². The van der Waals surface area contributed by atoms with E-state index in [1.54, 1.807) is 12.3 Å². The molecule has 2 aromatic carbocycles. The highest BCUT2D eigenvalue weighted by Crippen LogP contribution is 2.34. The van der Waals surface area contributed by atoms with E-state index >= 15 is 4.39 Å². The average molecular weight is 503 g/mol. The number of nitrogens with one attached hydrogen (secondary N) is 1. The molecule has 4 rings (SSSR count). The van der Waals surface area contributed by atoms with Crippen molar-refractivity contribution in [2.45, 2.75) is 26.0 Å². The molecule has 2 atom stereocenters. The van der Waals surface area contributed by atoms with E-state index in [0.717, 1.165) is 30.7 Å². The largest absolute Gasteiger partial charge is 0.380 e. The maximum atomic E-state index is 15.4. The number of amides is 1. The lowest BCUT2D eigenvalue weighted by Crippen LogP contribution is -2.46. The zero-order valence-corrected chi connectivity index (χ0v) is 19.8. The van der Waals surface area contributed by atoms with Crippen molar-refractivity contribution >= 4 is 17.3 Å². The van der Waals surface area contributed by atoms with Gasteiger partial charge in [0.15, 0.2) is 0 Å². The number of benzene rings is 2. The van der Waals surface area contributed by atoms with E-state index in [-0.39, 0.29) is 18.2 Å². The molecule has 0 saturated carbocycles. The Morgan fingerprint density at radius 1 is 1.11 bits per heavy atom. The number of hydrogen-bond donors (Lipinski definition) is 2. The van der Waals surface area contributed by atoms with Crippen LogP contribution < -0.4 is 16.0 Å². The molecule has 0 aliphatic carbocycles. The van der Waals surface area contributed by atoms with Gasteiger partial charge in [0, 0.05) is 32.4 Å². The minimum atomic E-state index is -1.39. The van der Waals surface area contributed by atoms with Crippen LogP contribution in [-0.2, 0) is 11.3 Å². The topological polar surface area (TPSA) is 80.5 Å². The third-order valence-electron chi connectivity index (χ3n) is 6.08. The molecule has 3 aromatic rings. The first-order valence-electron chi connectivity index (χ1n) is 11.4. The first-order chi connectivity index (χ1) is 17.2. The molecular weight excluding hydrogens is 476 g/mol. The molecular formula is C26H26F4N4O2. The standard InChI is InChI=1S/C26H26F4N4O2/c1-14-7-16(31)12-34(11-14)22-5-6-32-10-21(22)33-26(35)17-3-4-18(27)24(25(17)30)23-19(28)8-15(13-36-2)9-20(23)29/h3-6,8-10,14,16H,7,11-13,31H2,1-2H3,(H,33,35)/t14-,16+/m1/s1. The van der Waals surface area contributed by atoms with E-state index in [1.165, 1.54) is 13.3 Å². The van der Waals surface area contributed by atoms with Crippen molar-refractivity contribution in [1.29, 1.82) is 0 Å². The molecule has 1 aliphatic rings. The van der Waals surface area contributed by atoms with Crippen LogP contribution in [0.5, 0.6) is 0 Å². The fourth-order valence-electron chi connectivity index (χ4n) is 4.62. The number of halogens is 4. The van der Waals surface area contributed by atoms with Crippen molar-refractivity contribution in [2.24, 2.45) is 11.7 Å². The number of anilines is 2. The quantitative estimate of drug-likeness (QED) is 0.470. The molecule has 0 spiro atoms. The summed E-state index contributed by atoms with van der Waals surface area (Å²) in [5.41, 5.74) is 4.80. The minimum absolute atomic E-state index is 0.0531. The molecule has 10 heteroatoms. The second-order valence-electron chi connectivity index (χ2n) is 9.00. The van der Waals surface area contributed by atoms with Crippen molar-refractivity contribution in [1.82, 2.24) is 4.98 Å². The maximum absolute atomic E-state index is 15.4. The van der Waals surface area contributed by atoms with Crippen LogP contribution in [0.4, 0.5) is 28.9 Å². The summed E-state index contributed by atoms with van der Waals surface area (Å²) in [5, 5.41) is 2.60. The van der Waals surface area contributed by atoms with Gasteiger partial charge in [-0.25, -0.2) is 17.6 Å². The number of aromatic nitrogens is 1. The Balaban J connectivity index is 1.68. The van der Waals surface area contributed by atoms with Crippen molar-refractivity contribution in [3.05, 3.63) is 77.1 Å². The Kier molecular flexibility index (Phi) is 7.56. The third-order valence-corrected chi connectivity index (χ3v) is 6.08. The highest BCUT2D eigenvalue weighted by Gasteiger charge is 2.27. The van der Waals surface area contributed by atoms with Gasteiger partial charge in [0.2, 0.25) is 0 Å². The number of ether oxygens (including phenoxy) is 1. The Bertz CT molecular complexity index is 1250. The van der Waals surface area contributed by atoms with E-state index in [2.05, 4.69) is 17.2 Å². The summed E-state index contributed by atoms with van der Waals surface area (Å²) in [4.78, 5) is 19.1. The molecule has 1 aromatic heterocycles. The van der Waals surface area contributed by atoms with Crippen LogP contribution in [0.2, 0.25) is 0 Å². The molecule has 1 fully saturated rings. The van der Waals surface area contributed by atoms with Crippen molar-refractivity contribution < 1.29 is 27.1 Å². The van der Waals surface area contributed by atoms with Gasteiger partial charge in [0.05, 0.1) is 40.9 Å². The Hall–Kier alpha value is -3.50. The Morgan fingerprint density at radius 2 is 1.83 bits per heavy atom. The van der Waals surface area contributed by atoms with E-state index in [0.29, 0.717) is 30.4 Å². The van der Waals surface area contributed by atoms with Crippen molar-refractivity contribution in [3.63, 3.8) is 0 Å². The van der Waals surface area contributed by atoms with Crippen molar-refractivity contribution in [2.75, 3.05) is 30.4 Å². The van der Waals surface area contributed by atoms with Gasteiger partial charge in [0.25, 0.3) is 5.91 Å². The average Bonchev–Trinajstić information content (AvgIpc) is 2.80. The number of hydrogen-bond acceptors (Lipinski definition) is 5. The summed E-state index contributed by atoms with van der Waals surface area (Å²) in [5.74, 6) is -5.55. The number of piperidine rings is 1. The first-order valence-corrected chi connectivity index (χ1v) is 11.4. The van der Waals surface area contributed by atoms with Crippen LogP contribution in [0, 0.1) is 29.2 Å². The number of nitrogens with two attached hydrogens (primary N) is 1. The Morgan fingerprint density at radius 3 is 2.50 bits per heavy atom. The molecule has 1 saturated heterocycles.